The number of aliphatic hydroxyl groups excluding tert-OH is 1. The summed E-state index contributed by atoms with van der Waals surface area (Å²) in [6.07, 6.45) is 2.98. The highest BCUT2D eigenvalue weighted by atomic mass is 16.5. The first-order valence-electron chi connectivity index (χ1n) is 8.80. The summed E-state index contributed by atoms with van der Waals surface area (Å²) < 4.78 is 28.4. The third-order valence-corrected chi connectivity index (χ3v) is 4.20. The van der Waals surface area contributed by atoms with Gasteiger partial charge in [0.2, 0.25) is 0 Å². The number of benzene rings is 1. The lowest BCUT2D eigenvalue weighted by Gasteiger charge is -2.31. The maximum atomic E-state index is 10.6. The summed E-state index contributed by atoms with van der Waals surface area (Å²) >= 11 is 0. The molecule has 0 spiro atoms. The molecular weight excluding hydrogens is 248 g/mol. The molecule has 0 radical (unpaired) electrons. The lowest BCUT2D eigenvalue weighted by molar-refractivity contribution is -0.0615. The van der Waals surface area contributed by atoms with E-state index in [0.29, 0.717) is 6.61 Å². The Bertz CT molecular complexity index is 513. The Morgan fingerprint density at radius 3 is 2.65 bits per heavy atom. The van der Waals surface area contributed by atoms with E-state index in [4.69, 9.17) is 8.85 Å². The number of rotatable bonds is 4. The van der Waals surface area contributed by atoms with Gasteiger partial charge in [0.25, 0.3) is 0 Å². The minimum absolute atomic E-state index is 0.00681. The van der Waals surface area contributed by atoms with Gasteiger partial charge in [-0.15, -0.1) is 0 Å². The van der Waals surface area contributed by atoms with Crippen LogP contribution in [-0.4, -0.2) is 17.3 Å². The predicted molar refractivity (Wildman–Crippen MR) is 82.3 cm³/mol. The molecule has 1 N–H and O–H groups in total. The van der Waals surface area contributed by atoms with Gasteiger partial charge in [-0.2, -0.15) is 0 Å². The Hall–Kier alpha value is -1.12. The van der Waals surface area contributed by atoms with Crippen molar-refractivity contribution in [2.75, 3.05) is 0 Å². The molecule has 2 rings (SSSR count). The standard InChI is InChI=1S/C18H26O2/c1-4-16-11-10-13(2)18(14(3)17(16)19)20-12-15-8-6-5-7-9-15/h5-11,13-14,16-19H,4,12H2,1-3H3/t13-,14+,16-,17+,18-/m1/s1/i1D3. The first-order chi connectivity index (χ1) is 10.8. The fourth-order valence-corrected chi connectivity index (χ4v) is 2.86. The highest BCUT2D eigenvalue weighted by molar-refractivity contribution is 5.13. The van der Waals surface area contributed by atoms with Crippen LogP contribution in [-0.2, 0) is 11.3 Å². The van der Waals surface area contributed by atoms with Gasteiger partial charge >= 0.3 is 0 Å². The van der Waals surface area contributed by atoms with Crippen LogP contribution in [0, 0.1) is 17.8 Å². The Morgan fingerprint density at radius 2 is 1.95 bits per heavy atom. The van der Waals surface area contributed by atoms with Gasteiger partial charge in [-0.25, -0.2) is 0 Å². The zero-order valence-electron chi connectivity index (χ0n) is 15.2. The fraction of sp³-hybridized carbons (Fsp3) is 0.556. The van der Waals surface area contributed by atoms with Crippen molar-refractivity contribution in [3.05, 3.63) is 48.0 Å². The largest absolute Gasteiger partial charge is 0.392 e. The molecule has 0 amide bonds. The molecule has 1 aliphatic carbocycles. The van der Waals surface area contributed by atoms with E-state index < -0.39 is 13.0 Å². The van der Waals surface area contributed by atoms with E-state index >= 15 is 0 Å². The molecule has 1 aromatic rings. The van der Waals surface area contributed by atoms with Crippen LogP contribution in [0.5, 0.6) is 0 Å². The van der Waals surface area contributed by atoms with Gasteiger partial charge in [0.05, 0.1) is 18.8 Å². The molecule has 0 saturated heterocycles. The Morgan fingerprint density at radius 1 is 1.20 bits per heavy atom. The molecule has 110 valence electrons. The average molecular weight is 277 g/mol. The SMILES string of the molecule is [2H]C([2H])([2H])C[C@@H]1C=C[C@@H](C)[C@@H](OCc2ccccc2)[C@@H](C)[C@@H]1O. The minimum Gasteiger partial charge on any atom is -0.392 e. The first-order valence-corrected chi connectivity index (χ1v) is 7.30. The van der Waals surface area contributed by atoms with E-state index in [9.17, 15) is 5.11 Å². The van der Waals surface area contributed by atoms with Gasteiger partial charge in [0, 0.05) is 21.9 Å². The second-order valence-corrected chi connectivity index (χ2v) is 5.72. The molecule has 20 heavy (non-hydrogen) atoms. The molecule has 2 heteroatoms. The zero-order chi connectivity index (χ0) is 17.0. The number of hydrogen-bond acceptors (Lipinski definition) is 2. The summed E-state index contributed by atoms with van der Waals surface area (Å²) in [6.45, 7) is 2.44. The van der Waals surface area contributed by atoms with Crippen molar-refractivity contribution < 1.29 is 14.0 Å². The molecule has 1 aromatic carbocycles. The first kappa shape index (κ1) is 11.5. The van der Waals surface area contributed by atoms with Crippen molar-refractivity contribution in [1.82, 2.24) is 0 Å². The van der Waals surface area contributed by atoms with E-state index in [1.807, 2.05) is 56.3 Å². The molecule has 0 fully saturated rings. The smallest absolute Gasteiger partial charge is 0.0721 e. The lowest BCUT2D eigenvalue weighted by atomic mass is 9.86. The van der Waals surface area contributed by atoms with Crippen LogP contribution in [0.2, 0.25) is 0 Å². The van der Waals surface area contributed by atoms with Crippen molar-refractivity contribution in [2.24, 2.45) is 17.8 Å². The minimum atomic E-state index is -2.04. The number of aliphatic hydroxyl groups is 1. The molecule has 1 aliphatic rings. The van der Waals surface area contributed by atoms with Crippen LogP contribution < -0.4 is 0 Å². The fourth-order valence-electron chi connectivity index (χ4n) is 2.86. The molecule has 0 unspecified atom stereocenters. The molecule has 5 atom stereocenters. The van der Waals surface area contributed by atoms with Gasteiger partial charge < -0.3 is 9.84 Å². The maximum absolute atomic E-state index is 10.6. The van der Waals surface area contributed by atoms with Crippen LogP contribution in [0.15, 0.2) is 42.5 Å². The van der Waals surface area contributed by atoms with Gasteiger partial charge in [0.1, 0.15) is 0 Å². The summed E-state index contributed by atoms with van der Waals surface area (Å²) in [4.78, 5) is 0. The van der Waals surface area contributed by atoms with Crippen molar-refractivity contribution in [1.29, 1.82) is 0 Å². The molecule has 0 aliphatic heterocycles. The van der Waals surface area contributed by atoms with Crippen molar-refractivity contribution in [3.8, 4) is 0 Å². The predicted octanol–water partition coefficient (Wildman–Crippen LogP) is 3.80. The summed E-state index contributed by atoms with van der Waals surface area (Å²) in [6, 6.07) is 9.93. The van der Waals surface area contributed by atoms with Gasteiger partial charge in [-0.05, 0) is 12.0 Å². The lowest BCUT2D eigenvalue weighted by Crippen LogP contribution is -2.37. The molecule has 0 saturated carbocycles. The van der Waals surface area contributed by atoms with Crippen LogP contribution in [0.4, 0.5) is 0 Å². The molecule has 0 bridgehead atoms. The topological polar surface area (TPSA) is 29.5 Å². The summed E-state index contributed by atoms with van der Waals surface area (Å²) in [5, 5.41) is 10.6. The second-order valence-electron chi connectivity index (χ2n) is 5.72. The van der Waals surface area contributed by atoms with E-state index in [2.05, 4.69) is 0 Å². The third kappa shape index (κ3) is 3.50. The second kappa shape index (κ2) is 7.05. The highest BCUT2D eigenvalue weighted by Gasteiger charge is 2.34. The van der Waals surface area contributed by atoms with Gasteiger partial charge in [-0.3, -0.25) is 0 Å². The Balaban J connectivity index is 2.05. The van der Waals surface area contributed by atoms with E-state index in [1.54, 1.807) is 0 Å². The van der Waals surface area contributed by atoms with E-state index in [0.717, 1.165) is 5.56 Å². The number of ether oxygens (including phenoxy) is 1. The highest BCUT2D eigenvalue weighted by Crippen LogP contribution is 2.31. The van der Waals surface area contributed by atoms with Crippen LogP contribution in [0.3, 0.4) is 0 Å². The van der Waals surface area contributed by atoms with E-state index in [1.165, 1.54) is 0 Å². The van der Waals surface area contributed by atoms with Crippen molar-refractivity contribution >= 4 is 0 Å². The van der Waals surface area contributed by atoms with Crippen LogP contribution >= 0.6 is 0 Å². The van der Waals surface area contributed by atoms with Crippen molar-refractivity contribution in [3.63, 3.8) is 0 Å². The van der Waals surface area contributed by atoms with Gasteiger partial charge in [0.15, 0.2) is 0 Å². The molecular formula is C18H26O2. The Labute approximate surface area is 126 Å². The average Bonchev–Trinajstić information content (AvgIpc) is 2.58. The van der Waals surface area contributed by atoms with Crippen LogP contribution in [0.1, 0.15) is 36.8 Å². The van der Waals surface area contributed by atoms with Crippen LogP contribution in [0.25, 0.3) is 0 Å². The van der Waals surface area contributed by atoms with Gasteiger partial charge in [-0.1, -0.05) is 63.2 Å². The molecule has 0 aromatic heterocycles. The third-order valence-electron chi connectivity index (χ3n) is 4.20. The zero-order valence-corrected chi connectivity index (χ0v) is 12.2. The molecule has 2 nitrogen and oxygen atoms in total. The summed E-state index contributed by atoms with van der Waals surface area (Å²) in [5.41, 5.74) is 1.09. The van der Waals surface area contributed by atoms with E-state index in [-0.39, 0.29) is 30.3 Å². The summed E-state index contributed by atoms with van der Waals surface area (Å²) in [7, 11) is 0. The van der Waals surface area contributed by atoms with Crippen molar-refractivity contribution in [2.45, 2.75) is 45.9 Å². The quantitative estimate of drug-likeness (QED) is 0.848. The maximum Gasteiger partial charge on any atom is 0.0721 e. The number of hydrogen-bond donors (Lipinski definition) is 1. The molecule has 0 heterocycles. The summed E-state index contributed by atoms with van der Waals surface area (Å²) in [5.74, 6) is -0.355. The Kier molecular flexibility index (Phi) is 4.06. The monoisotopic (exact) mass is 277 g/mol. The normalized spacial score (nSPS) is 36.8.